The molecule has 1 aliphatic rings. The zero-order valence-corrected chi connectivity index (χ0v) is 13.1. The van der Waals surface area contributed by atoms with Crippen molar-refractivity contribution in [3.63, 3.8) is 0 Å². The van der Waals surface area contributed by atoms with Gasteiger partial charge in [0, 0.05) is 23.7 Å². The topological polar surface area (TPSA) is 33.6 Å². The Morgan fingerprint density at radius 1 is 0.955 bits per heavy atom. The summed E-state index contributed by atoms with van der Waals surface area (Å²) in [5.74, 6) is 1.000. The highest BCUT2D eigenvalue weighted by atomic mass is 35.5. The summed E-state index contributed by atoms with van der Waals surface area (Å²) in [7, 11) is 0. The van der Waals surface area contributed by atoms with Crippen LogP contribution >= 0.6 is 11.6 Å². The normalized spacial score (nSPS) is 14.3. The van der Waals surface area contributed by atoms with Crippen LogP contribution in [0.2, 0.25) is 5.02 Å². The fourth-order valence-electron chi connectivity index (χ4n) is 2.35. The van der Waals surface area contributed by atoms with Crippen LogP contribution in [-0.4, -0.2) is 18.9 Å². The molecule has 0 spiro atoms. The van der Waals surface area contributed by atoms with Crippen LogP contribution in [0.3, 0.4) is 0 Å². The molecule has 0 unspecified atom stereocenters. The molecule has 1 heterocycles. The van der Waals surface area contributed by atoms with Gasteiger partial charge in [-0.1, -0.05) is 48.0 Å². The van der Waals surface area contributed by atoms with Crippen molar-refractivity contribution in [2.45, 2.75) is 19.6 Å². The van der Waals surface area contributed by atoms with Gasteiger partial charge in [0.05, 0.1) is 13.2 Å². The van der Waals surface area contributed by atoms with Crippen LogP contribution in [-0.2, 0) is 18.0 Å². The van der Waals surface area contributed by atoms with Gasteiger partial charge in [0.15, 0.2) is 0 Å². The Labute approximate surface area is 136 Å². The molecule has 3 nitrogen and oxygen atoms in total. The lowest BCUT2D eigenvalue weighted by atomic mass is 10.1. The zero-order valence-electron chi connectivity index (χ0n) is 12.4. The summed E-state index contributed by atoms with van der Waals surface area (Å²) in [6, 6.07) is 16.1. The number of hydrogen-bond acceptors (Lipinski definition) is 3. The number of ether oxygens (including phenoxy) is 1. The van der Waals surface area contributed by atoms with E-state index in [1.165, 1.54) is 0 Å². The van der Waals surface area contributed by atoms with Crippen molar-refractivity contribution in [3.05, 3.63) is 70.2 Å². The molecule has 2 aromatic rings. The van der Waals surface area contributed by atoms with Crippen molar-refractivity contribution in [2.24, 2.45) is 4.99 Å². The number of nitrogens with one attached hydrogen (secondary N) is 1. The lowest BCUT2D eigenvalue weighted by molar-refractivity contribution is 0.107. The van der Waals surface area contributed by atoms with Gasteiger partial charge in [-0.3, -0.25) is 4.99 Å². The van der Waals surface area contributed by atoms with Crippen molar-refractivity contribution in [2.75, 3.05) is 13.1 Å². The quantitative estimate of drug-likeness (QED) is 0.911. The summed E-state index contributed by atoms with van der Waals surface area (Å²) >= 11 is 5.86. The van der Waals surface area contributed by atoms with Crippen molar-refractivity contribution in [1.82, 2.24) is 5.32 Å². The Morgan fingerprint density at radius 2 is 1.59 bits per heavy atom. The molecule has 0 atom stereocenters. The molecule has 3 rings (SSSR count). The first-order valence-electron chi connectivity index (χ1n) is 7.51. The molecular formula is C18H19ClN2O. The molecule has 0 radical (unpaired) electrons. The van der Waals surface area contributed by atoms with E-state index < -0.39 is 0 Å². The average molecular weight is 315 g/mol. The summed E-state index contributed by atoms with van der Waals surface area (Å²) in [5.41, 5.74) is 3.43. The van der Waals surface area contributed by atoms with Crippen molar-refractivity contribution in [1.29, 1.82) is 0 Å². The molecule has 0 aromatic heterocycles. The third-order valence-corrected chi connectivity index (χ3v) is 3.83. The molecule has 22 heavy (non-hydrogen) atoms. The van der Waals surface area contributed by atoms with Crippen molar-refractivity contribution < 1.29 is 4.74 Å². The fourth-order valence-corrected chi connectivity index (χ4v) is 2.48. The zero-order chi connectivity index (χ0) is 15.2. The van der Waals surface area contributed by atoms with E-state index in [1.807, 2.05) is 24.3 Å². The van der Waals surface area contributed by atoms with Crippen LogP contribution < -0.4 is 5.32 Å². The van der Waals surface area contributed by atoms with Crippen LogP contribution in [0.15, 0.2) is 53.5 Å². The number of aliphatic imine (C=N–C) groups is 1. The summed E-state index contributed by atoms with van der Waals surface area (Å²) < 4.78 is 5.74. The smallest absolute Gasteiger partial charge is 0.128 e. The molecule has 1 aliphatic heterocycles. The second-order valence-corrected chi connectivity index (χ2v) is 5.76. The Bertz CT molecular complexity index is 635. The van der Waals surface area contributed by atoms with E-state index in [0.29, 0.717) is 13.2 Å². The first-order valence-corrected chi connectivity index (χ1v) is 7.89. The van der Waals surface area contributed by atoms with E-state index in [1.54, 1.807) is 0 Å². The van der Waals surface area contributed by atoms with Gasteiger partial charge in [0.25, 0.3) is 0 Å². The van der Waals surface area contributed by atoms with Gasteiger partial charge >= 0.3 is 0 Å². The molecule has 114 valence electrons. The molecule has 0 fully saturated rings. The highest BCUT2D eigenvalue weighted by molar-refractivity contribution is 6.30. The van der Waals surface area contributed by atoms with Gasteiger partial charge < -0.3 is 10.1 Å². The highest BCUT2D eigenvalue weighted by Gasteiger charge is 2.06. The minimum absolute atomic E-state index is 0.590. The summed E-state index contributed by atoms with van der Waals surface area (Å²) in [5, 5.41) is 4.08. The van der Waals surface area contributed by atoms with E-state index >= 15 is 0 Å². The summed E-state index contributed by atoms with van der Waals surface area (Å²) in [6.45, 7) is 3.11. The van der Waals surface area contributed by atoms with Gasteiger partial charge in [-0.2, -0.15) is 0 Å². The Balaban J connectivity index is 1.52. The predicted octanol–water partition coefficient (Wildman–Crippen LogP) is 3.80. The molecule has 0 aliphatic carbocycles. The van der Waals surface area contributed by atoms with Gasteiger partial charge in [0.2, 0.25) is 0 Å². The average Bonchev–Trinajstić information content (AvgIpc) is 2.58. The molecule has 0 saturated heterocycles. The molecular weight excluding hydrogens is 296 g/mol. The van der Waals surface area contributed by atoms with Crippen LogP contribution in [0.25, 0.3) is 0 Å². The largest absolute Gasteiger partial charge is 0.372 e. The Hall–Kier alpha value is -1.84. The standard InChI is InChI=1S/C18H19ClN2O/c19-17-8-4-15(5-9-17)13-22-12-14-2-6-16(7-3-14)18-20-10-1-11-21-18/h2-9H,1,10-13H2,(H,20,21). The Kier molecular flexibility index (Phi) is 5.09. The van der Waals surface area contributed by atoms with Gasteiger partial charge in [0.1, 0.15) is 5.84 Å². The maximum Gasteiger partial charge on any atom is 0.128 e. The maximum atomic E-state index is 5.86. The van der Waals surface area contributed by atoms with E-state index in [2.05, 4.69) is 34.6 Å². The predicted molar refractivity (Wildman–Crippen MR) is 90.4 cm³/mol. The first kappa shape index (κ1) is 15.1. The van der Waals surface area contributed by atoms with Crippen LogP contribution in [0.5, 0.6) is 0 Å². The number of rotatable bonds is 5. The summed E-state index contributed by atoms with van der Waals surface area (Å²) in [6.07, 6.45) is 1.11. The Morgan fingerprint density at radius 3 is 2.18 bits per heavy atom. The van der Waals surface area contributed by atoms with Crippen LogP contribution in [0.4, 0.5) is 0 Å². The second kappa shape index (κ2) is 7.43. The maximum absolute atomic E-state index is 5.86. The van der Waals surface area contributed by atoms with Crippen molar-refractivity contribution in [3.8, 4) is 0 Å². The minimum atomic E-state index is 0.590. The number of hydrogen-bond donors (Lipinski definition) is 1. The SMILES string of the molecule is Clc1ccc(COCc2ccc(C3=NCCCN3)cc2)cc1. The van der Waals surface area contributed by atoms with Gasteiger partial charge in [-0.05, 0) is 29.7 Å². The summed E-state index contributed by atoms with van der Waals surface area (Å²) in [4.78, 5) is 4.50. The second-order valence-electron chi connectivity index (χ2n) is 5.33. The molecule has 2 aromatic carbocycles. The number of nitrogens with zero attached hydrogens (tertiary/aromatic N) is 1. The van der Waals surface area contributed by atoms with Gasteiger partial charge in [-0.25, -0.2) is 0 Å². The lowest BCUT2D eigenvalue weighted by Gasteiger charge is -2.14. The van der Waals surface area contributed by atoms with E-state index in [-0.39, 0.29) is 0 Å². The lowest BCUT2D eigenvalue weighted by Crippen LogP contribution is -2.30. The molecule has 1 N–H and O–H groups in total. The number of amidine groups is 1. The molecule has 0 bridgehead atoms. The third-order valence-electron chi connectivity index (χ3n) is 3.58. The van der Waals surface area contributed by atoms with E-state index in [0.717, 1.165) is 47.1 Å². The molecule has 0 saturated carbocycles. The van der Waals surface area contributed by atoms with E-state index in [9.17, 15) is 0 Å². The highest BCUT2D eigenvalue weighted by Crippen LogP contribution is 2.12. The van der Waals surface area contributed by atoms with Crippen molar-refractivity contribution >= 4 is 17.4 Å². The van der Waals surface area contributed by atoms with Crippen LogP contribution in [0.1, 0.15) is 23.1 Å². The third kappa shape index (κ3) is 4.09. The first-order chi connectivity index (χ1) is 10.8. The van der Waals surface area contributed by atoms with Gasteiger partial charge in [-0.15, -0.1) is 0 Å². The number of halogens is 1. The number of benzene rings is 2. The van der Waals surface area contributed by atoms with E-state index in [4.69, 9.17) is 16.3 Å². The molecule has 4 heteroatoms. The molecule has 0 amide bonds. The monoisotopic (exact) mass is 314 g/mol. The minimum Gasteiger partial charge on any atom is -0.372 e. The van der Waals surface area contributed by atoms with Crippen LogP contribution in [0, 0.1) is 0 Å². The fraction of sp³-hybridized carbons (Fsp3) is 0.278.